The molecule has 0 aromatic carbocycles. The van der Waals surface area contributed by atoms with E-state index in [0.717, 1.165) is 0 Å². The molecule has 1 aliphatic carbocycles. The van der Waals surface area contributed by atoms with Gasteiger partial charge in [-0.05, 0) is 13.8 Å². The van der Waals surface area contributed by atoms with Gasteiger partial charge in [0.25, 0.3) is 0 Å². The van der Waals surface area contributed by atoms with E-state index in [4.69, 9.17) is 19.5 Å². The van der Waals surface area contributed by atoms with Crippen LogP contribution in [0.4, 0.5) is 10.2 Å². The number of nitrogen functional groups attached to an aromatic ring is 1. The standard InChI is InChI=1S/C15H23FN5O5P/c1-3-25-27(23,26-4-2)8-24-10-5-9(11(16)13(10)22)21-7-20-12-14(17)18-6-19-15(12)21/h6-7,9-11,13,22H,3-5,8H2,1-2H3,(H2,17,18,19)/t9-,10?,11?,13?/m1/s1. The van der Waals surface area contributed by atoms with Crippen LogP contribution in [-0.4, -0.2) is 62.6 Å². The van der Waals surface area contributed by atoms with Gasteiger partial charge in [0, 0.05) is 6.42 Å². The van der Waals surface area contributed by atoms with Crippen molar-refractivity contribution in [3.8, 4) is 0 Å². The van der Waals surface area contributed by atoms with Crippen LogP contribution in [0, 0.1) is 0 Å². The molecular formula is C15H23FN5O5P. The van der Waals surface area contributed by atoms with Crippen molar-refractivity contribution in [3.63, 3.8) is 0 Å². The molecule has 2 aromatic heterocycles. The summed E-state index contributed by atoms with van der Waals surface area (Å²) in [7, 11) is -3.46. The van der Waals surface area contributed by atoms with E-state index in [9.17, 15) is 14.1 Å². The van der Waals surface area contributed by atoms with Gasteiger partial charge >= 0.3 is 7.60 Å². The highest BCUT2D eigenvalue weighted by Gasteiger charge is 2.46. The minimum atomic E-state index is -3.46. The fourth-order valence-corrected chi connectivity index (χ4v) is 4.56. The average Bonchev–Trinajstić information content (AvgIpc) is 3.17. The maximum absolute atomic E-state index is 14.8. The third kappa shape index (κ3) is 3.97. The SMILES string of the molecule is CCOP(=O)(COC1C[C@@H](n2cnc3c(N)ncnc32)C(F)C1O)OCC. The Balaban J connectivity index is 1.75. The number of aliphatic hydroxyl groups excluding tert-OH is 1. The van der Waals surface area contributed by atoms with Crippen molar-refractivity contribution in [2.45, 2.75) is 44.7 Å². The molecule has 1 fully saturated rings. The number of hydrogen-bond donors (Lipinski definition) is 2. The molecule has 10 nitrogen and oxygen atoms in total. The number of anilines is 1. The molecule has 0 radical (unpaired) electrons. The smallest absolute Gasteiger partial charge is 0.356 e. The van der Waals surface area contributed by atoms with Crippen LogP contribution in [-0.2, 0) is 18.3 Å². The lowest BCUT2D eigenvalue weighted by Crippen LogP contribution is -2.30. The number of aliphatic hydroxyl groups is 1. The Morgan fingerprint density at radius 2 is 2.04 bits per heavy atom. The largest absolute Gasteiger partial charge is 0.387 e. The van der Waals surface area contributed by atoms with E-state index < -0.39 is 32.0 Å². The number of alkyl halides is 1. The van der Waals surface area contributed by atoms with Gasteiger partial charge in [-0.2, -0.15) is 0 Å². The summed E-state index contributed by atoms with van der Waals surface area (Å²) in [6.07, 6.45) is -1.46. The summed E-state index contributed by atoms with van der Waals surface area (Å²) in [6, 6.07) is -0.761. The highest BCUT2D eigenvalue weighted by molar-refractivity contribution is 7.53. The molecule has 3 rings (SSSR count). The topological polar surface area (TPSA) is 135 Å². The highest BCUT2D eigenvalue weighted by atomic mass is 31.2. The molecule has 2 aromatic rings. The van der Waals surface area contributed by atoms with Crippen LogP contribution in [0.2, 0.25) is 0 Å². The summed E-state index contributed by atoms with van der Waals surface area (Å²) in [6.45, 7) is 3.73. The number of nitrogens with zero attached hydrogens (tertiary/aromatic N) is 4. The molecule has 2 heterocycles. The summed E-state index contributed by atoms with van der Waals surface area (Å²) >= 11 is 0. The summed E-state index contributed by atoms with van der Waals surface area (Å²) in [5.41, 5.74) is 6.49. The van der Waals surface area contributed by atoms with Gasteiger partial charge in [-0.15, -0.1) is 0 Å². The Hall–Kier alpha value is -1.65. The van der Waals surface area contributed by atoms with Crippen LogP contribution < -0.4 is 5.73 Å². The Morgan fingerprint density at radius 3 is 2.70 bits per heavy atom. The van der Waals surface area contributed by atoms with Gasteiger partial charge in [-0.25, -0.2) is 19.3 Å². The Labute approximate surface area is 155 Å². The second-order valence-electron chi connectivity index (χ2n) is 6.10. The van der Waals surface area contributed by atoms with Crippen molar-refractivity contribution < 1.29 is 27.8 Å². The zero-order valence-corrected chi connectivity index (χ0v) is 16.0. The fraction of sp³-hybridized carbons (Fsp3) is 0.667. The number of ether oxygens (including phenoxy) is 1. The second-order valence-corrected chi connectivity index (χ2v) is 8.10. The minimum Gasteiger partial charge on any atom is -0.387 e. The van der Waals surface area contributed by atoms with Crippen molar-refractivity contribution in [1.82, 2.24) is 19.5 Å². The number of fused-ring (bicyclic) bond motifs is 1. The molecule has 1 saturated carbocycles. The summed E-state index contributed by atoms with van der Waals surface area (Å²) in [5, 5.41) is 10.2. The monoisotopic (exact) mass is 403 g/mol. The average molecular weight is 403 g/mol. The number of hydrogen-bond acceptors (Lipinski definition) is 9. The number of imidazole rings is 1. The van der Waals surface area contributed by atoms with Crippen molar-refractivity contribution in [2.24, 2.45) is 0 Å². The first-order chi connectivity index (χ1) is 12.9. The Kier molecular flexibility index (Phi) is 6.07. The van der Waals surface area contributed by atoms with E-state index in [-0.39, 0.29) is 31.8 Å². The second kappa shape index (κ2) is 8.15. The van der Waals surface area contributed by atoms with E-state index in [2.05, 4.69) is 15.0 Å². The zero-order valence-electron chi connectivity index (χ0n) is 15.1. The molecule has 0 amide bonds. The lowest BCUT2D eigenvalue weighted by Gasteiger charge is -2.21. The van der Waals surface area contributed by atoms with E-state index >= 15 is 0 Å². The first-order valence-electron chi connectivity index (χ1n) is 8.65. The Bertz CT molecular complexity index is 826. The van der Waals surface area contributed by atoms with E-state index in [1.807, 2.05) is 0 Å². The molecule has 150 valence electrons. The maximum atomic E-state index is 14.8. The molecule has 0 saturated heterocycles. The van der Waals surface area contributed by atoms with Gasteiger partial charge < -0.3 is 29.2 Å². The quantitative estimate of drug-likeness (QED) is 0.631. The summed E-state index contributed by atoms with van der Waals surface area (Å²) < 4.78 is 44.6. The first kappa shape index (κ1) is 20.1. The molecule has 4 atom stereocenters. The first-order valence-corrected chi connectivity index (χ1v) is 10.4. The molecule has 12 heteroatoms. The van der Waals surface area contributed by atoms with Crippen LogP contribution in [0.25, 0.3) is 11.2 Å². The number of rotatable bonds is 8. The van der Waals surface area contributed by atoms with Crippen molar-refractivity contribution in [2.75, 3.05) is 25.3 Å². The van der Waals surface area contributed by atoms with Crippen LogP contribution in [0.5, 0.6) is 0 Å². The molecule has 3 N–H and O–H groups in total. The normalized spacial score (nSPS) is 26.1. The Morgan fingerprint density at radius 1 is 1.33 bits per heavy atom. The molecule has 27 heavy (non-hydrogen) atoms. The third-order valence-electron chi connectivity index (χ3n) is 4.39. The summed E-state index contributed by atoms with van der Waals surface area (Å²) in [5.74, 6) is 0.190. The zero-order chi connectivity index (χ0) is 19.6. The molecule has 0 spiro atoms. The van der Waals surface area contributed by atoms with E-state index in [0.29, 0.717) is 11.2 Å². The predicted octanol–water partition coefficient (Wildman–Crippen LogP) is 1.66. The lowest BCUT2D eigenvalue weighted by atomic mass is 10.2. The highest BCUT2D eigenvalue weighted by Crippen LogP contribution is 2.49. The van der Waals surface area contributed by atoms with Gasteiger partial charge in [0.1, 0.15) is 30.5 Å². The van der Waals surface area contributed by atoms with Crippen LogP contribution in [0.3, 0.4) is 0 Å². The van der Waals surface area contributed by atoms with Crippen LogP contribution in [0.1, 0.15) is 26.3 Å². The van der Waals surface area contributed by atoms with Crippen molar-refractivity contribution in [3.05, 3.63) is 12.7 Å². The minimum absolute atomic E-state index is 0.135. The van der Waals surface area contributed by atoms with Gasteiger partial charge in [-0.3, -0.25) is 4.57 Å². The van der Waals surface area contributed by atoms with Gasteiger partial charge in [0.15, 0.2) is 11.5 Å². The van der Waals surface area contributed by atoms with Crippen LogP contribution >= 0.6 is 7.60 Å². The predicted molar refractivity (Wildman–Crippen MR) is 94.9 cm³/mol. The number of nitrogens with two attached hydrogens (primary N) is 1. The third-order valence-corrected chi connectivity index (χ3v) is 6.16. The van der Waals surface area contributed by atoms with Gasteiger partial charge in [-0.1, -0.05) is 0 Å². The summed E-state index contributed by atoms with van der Waals surface area (Å²) in [4.78, 5) is 12.1. The molecular weight excluding hydrogens is 380 g/mol. The molecule has 3 unspecified atom stereocenters. The number of aromatic nitrogens is 4. The lowest BCUT2D eigenvalue weighted by molar-refractivity contribution is -0.0283. The van der Waals surface area contributed by atoms with Crippen LogP contribution in [0.15, 0.2) is 12.7 Å². The molecule has 0 aliphatic heterocycles. The van der Waals surface area contributed by atoms with Gasteiger partial charge in [0.05, 0.1) is 31.7 Å². The van der Waals surface area contributed by atoms with Crippen molar-refractivity contribution >= 4 is 24.6 Å². The van der Waals surface area contributed by atoms with Gasteiger partial charge in [0.2, 0.25) is 0 Å². The number of halogens is 1. The van der Waals surface area contributed by atoms with E-state index in [1.54, 1.807) is 13.8 Å². The molecule has 1 aliphatic rings. The fourth-order valence-electron chi connectivity index (χ4n) is 3.18. The van der Waals surface area contributed by atoms with E-state index in [1.165, 1.54) is 17.2 Å². The molecule has 0 bridgehead atoms. The maximum Gasteiger partial charge on any atom is 0.356 e. The van der Waals surface area contributed by atoms with Crippen molar-refractivity contribution in [1.29, 1.82) is 0 Å².